The van der Waals surface area contributed by atoms with Crippen LogP contribution in [0.3, 0.4) is 0 Å². The molecule has 26 heavy (non-hydrogen) atoms. The van der Waals surface area contributed by atoms with Crippen molar-refractivity contribution in [2.75, 3.05) is 12.4 Å². The van der Waals surface area contributed by atoms with Crippen molar-refractivity contribution in [1.82, 2.24) is 5.32 Å². The van der Waals surface area contributed by atoms with Crippen LogP contribution in [0, 0.1) is 0 Å². The van der Waals surface area contributed by atoms with Crippen molar-refractivity contribution < 1.29 is 9.53 Å². The number of benzene rings is 2. The fraction of sp³-hybridized carbons (Fsp3) is 0.190. The van der Waals surface area contributed by atoms with Crippen molar-refractivity contribution in [3.8, 4) is 5.75 Å². The van der Waals surface area contributed by atoms with Crippen LogP contribution in [0.2, 0.25) is 0 Å². The molecule has 3 rings (SSSR count). The molecule has 5 heteroatoms. The van der Waals surface area contributed by atoms with Gasteiger partial charge in [-0.3, -0.25) is 10.1 Å². The third kappa shape index (κ3) is 4.31. The van der Waals surface area contributed by atoms with Gasteiger partial charge < -0.3 is 10.1 Å². The number of amides is 1. The van der Waals surface area contributed by atoms with Gasteiger partial charge in [0, 0.05) is 4.88 Å². The van der Waals surface area contributed by atoms with Crippen molar-refractivity contribution >= 4 is 22.9 Å². The molecule has 0 spiro atoms. The maximum Gasteiger partial charge on any atom is 0.241 e. The smallest absolute Gasteiger partial charge is 0.241 e. The standard InChI is InChI=1S/C21H22N2O2S/c1-15(21(24)23-17-11-6-7-12-18(17)25-2)22-20(19-13-8-14-26-19)16-9-4-3-5-10-16/h3-15,20,22H,1-2H3,(H,23,24)/t15-,20+/m0/s1. The average Bonchev–Trinajstić information content (AvgIpc) is 3.21. The first-order chi connectivity index (χ1) is 12.7. The van der Waals surface area contributed by atoms with E-state index in [0.29, 0.717) is 11.4 Å². The van der Waals surface area contributed by atoms with E-state index in [4.69, 9.17) is 4.74 Å². The molecule has 0 unspecified atom stereocenters. The molecule has 2 aromatic carbocycles. The number of thiophene rings is 1. The molecular weight excluding hydrogens is 344 g/mol. The number of rotatable bonds is 7. The Balaban J connectivity index is 1.75. The lowest BCUT2D eigenvalue weighted by molar-refractivity contribution is -0.117. The van der Waals surface area contributed by atoms with E-state index < -0.39 is 0 Å². The number of ether oxygens (including phenoxy) is 1. The van der Waals surface area contributed by atoms with Crippen LogP contribution in [0.4, 0.5) is 5.69 Å². The van der Waals surface area contributed by atoms with Gasteiger partial charge in [-0.2, -0.15) is 0 Å². The Morgan fingerprint density at radius 3 is 2.42 bits per heavy atom. The van der Waals surface area contributed by atoms with Crippen molar-refractivity contribution in [3.05, 3.63) is 82.6 Å². The Hall–Kier alpha value is -2.63. The third-order valence-corrected chi connectivity index (χ3v) is 5.07. The van der Waals surface area contributed by atoms with Crippen LogP contribution < -0.4 is 15.4 Å². The largest absolute Gasteiger partial charge is 0.495 e. The summed E-state index contributed by atoms with van der Waals surface area (Å²) < 4.78 is 5.30. The summed E-state index contributed by atoms with van der Waals surface area (Å²) in [5.41, 5.74) is 1.80. The predicted molar refractivity (Wildman–Crippen MR) is 107 cm³/mol. The van der Waals surface area contributed by atoms with Crippen molar-refractivity contribution in [1.29, 1.82) is 0 Å². The Morgan fingerprint density at radius 2 is 1.73 bits per heavy atom. The number of carbonyl (C=O) groups excluding carboxylic acids is 1. The summed E-state index contributed by atoms with van der Waals surface area (Å²) in [4.78, 5) is 13.9. The number of nitrogens with one attached hydrogen (secondary N) is 2. The van der Waals surface area contributed by atoms with E-state index in [1.807, 2.05) is 60.8 Å². The van der Waals surface area contributed by atoms with E-state index in [0.717, 1.165) is 5.56 Å². The van der Waals surface area contributed by atoms with Gasteiger partial charge in [0.25, 0.3) is 0 Å². The second-order valence-corrected chi connectivity index (χ2v) is 6.92. The molecule has 1 aromatic heterocycles. The molecule has 3 aromatic rings. The highest BCUT2D eigenvalue weighted by atomic mass is 32.1. The van der Waals surface area contributed by atoms with Gasteiger partial charge in [-0.1, -0.05) is 48.5 Å². The molecule has 1 amide bonds. The van der Waals surface area contributed by atoms with Crippen LogP contribution in [0.15, 0.2) is 72.1 Å². The third-order valence-electron chi connectivity index (χ3n) is 4.14. The summed E-state index contributed by atoms with van der Waals surface area (Å²) in [6.45, 7) is 1.87. The Bertz CT molecular complexity index is 834. The van der Waals surface area contributed by atoms with Crippen LogP contribution in [0.1, 0.15) is 23.4 Å². The van der Waals surface area contributed by atoms with Crippen LogP contribution in [-0.2, 0) is 4.79 Å². The normalized spacial score (nSPS) is 13.0. The highest BCUT2D eigenvalue weighted by Crippen LogP contribution is 2.27. The van der Waals surface area contributed by atoms with Crippen LogP contribution >= 0.6 is 11.3 Å². The first-order valence-electron chi connectivity index (χ1n) is 8.47. The van der Waals surface area contributed by atoms with Crippen molar-refractivity contribution in [3.63, 3.8) is 0 Å². The summed E-state index contributed by atoms with van der Waals surface area (Å²) >= 11 is 1.68. The highest BCUT2D eigenvalue weighted by Gasteiger charge is 2.22. The molecule has 2 N–H and O–H groups in total. The summed E-state index contributed by atoms with van der Waals surface area (Å²) in [5.74, 6) is 0.540. The predicted octanol–water partition coefficient (Wildman–Crippen LogP) is 4.46. The molecule has 4 nitrogen and oxygen atoms in total. The number of anilines is 1. The monoisotopic (exact) mass is 366 g/mol. The molecule has 0 bridgehead atoms. The molecule has 0 aliphatic rings. The van der Waals surface area contributed by atoms with E-state index in [9.17, 15) is 4.79 Å². The maximum absolute atomic E-state index is 12.7. The molecule has 0 radical (unpaired) electrons. The maximum atomic E-state index is 12.7. The first-order valence-corrected chi connectivity index (χ1v) is 9.35. The van der Waals surface area contributed by atoms with Gasteiger partial charge in [0.15, 0.2) is 0 Å². The quantitative estimate of drug-likeness (QED) is 0.649. The first kappa shape index (κ1) is 18.2. The van der Waals surface area contributed by atoms with Crippen LogP contribution in [-0.4, -0.2) is 19.1 Å². The molecule has 0 aliphatic heterocycles. The Morgan fingerprint density at radius 1 is 1.00 bits per heavy atom. The van der Waals surface area contributed by atoms with Crippen LogP contribution in [0.5, 0.6) is 5.75 Å². The summed E-state index contributed by atoms with van der Waals surface area (Å²) in [6.07, 6.45) is 0. The summed E-state index contributed by atoms with van der Waals surface area (Å²) in [6, 6.07) is 21.3. The van der Waals surface area contributed by atoms with Gasteiger partial charge in [-0.25, -0.2) is 0 Å². The SMILES string of the molecule is COc1ccccc1NC(=O)[C@H](C)N[C@H](c1ccccc1)c1cccs1. The van der Waals surface area contributed by atoms with E-state index in [2.05, 4.69) is 28.8 Å². The van der Waals surface area contributed by atoms with Gasteiger partial charge in [0.1, 0.15) is 5.75 Å². The van der Waals surface area contributed by atoms with Gasteiger partial charge in [0.05, 0.1) is 24.9 Å². The number of para-hydroxylation sites is 2. The van der Waals surface area contributed by atoms with E-state index in [1.165, 1.54) is 4.88 Å². The number of hydrogen-bond donors (Lipinski definition) is 2. The van der Waals surface area contributed by atoms with E-state index >= 15 is 0 Å². The van der Waals surface area contributed by atoms with E-state index in [1.54, 1.807) is 18.4 Å². The summed E-state index contributed by atoms with van der Waals surface area (Å²) in [5, 5.41) is 8.44. The molecule has 1 heterocycles. The number of hydrogen-bond acceptors (Lipinski definition) is 4. The second kappa shape index (κ2) is 8.65. The lowest BCUT2D eigenvalue weighted by Gasteiger charge is -2.23. The zero-order valence-electron chi connectivity index (χ0n) is 14.8. The zero-order chi connectivity index (χ0) is 18.4. The lowest BCUT2D eigenvalue weighted by atomic mass is 10.0. The van der Waals surface area contributed by atoms with E-state index in [-0.39, 0.29) is 18.0 Å². The lowest BCUT2D eigenvalue weighted by Crippen LogP contribution is -2.40. The van der Waals surface area contributed by atoms with Crippen molar-refractivity contribution in [2.24, 2.45) is 0 Å². The molecule has 134 valence electrons. The highest BCUT2D eigenvalue weighted by molar-refractivity contribution is 7.10. The molecule has 0 aliphatic carbocycles. The number of carbonyl (C=O) groups is 1. The Labute approximate surface area is 157 Å². The molecule has 0 fully saturated rings. The molecule has 0 saturated heterocycles. The molecule has 0 saturated carbocycles. The molecular formula is C21H22N2O2S. The minimum atomic E-state index is -0.382. The Kier molecular flexibility index (Phi) is 6.04. The fourth-order valence-corrected chi connectivity index (χ4v) is 3.57. The molecule has 2 atom stereocenters. The van der Waals surface area contributed by atoms with Crippen LogP contribution in [0.25, 0.3) is 0 Å². The van der Waals surface area contributed by atoms with Crippen molar-refractivity contribution in [2.45, 2.75) is 19.0 Å². The average molecular weight is 366 g/mol. The van der Waals surface area contributed by atoms with Gasteiger partial charge in [-0.15, -0.1) is 11.3 Å². The minimum Gasteiger partial charge on any atom is -0.495 e. The number of methoxy groups -OCH3 is 1. The van der Waals surface area contributed by atoms with Gasteiger partial charge in [-0.05, 0) is 36.1 Å². The van der Waals surface area contributed by atoms with Gasteiger partial charge in [0.2, 0.25) is 5.91 Å². The van der Waals surface area contributed by atoms with Gasteiger partial charge >= 0.3 is 0 Å². The summed E-state index contributed by atoms with van der Waals surface area (Å²) in [7, 11) is 1.59. The zero-order valence-corrected chi connectivity index (χ0v) is 15.6. The fourth-order valence-electron chi connectivity index (χ4n) is 2.76. The topological polar surface area (TPSA) is 50.4 Å². The second-order valence-electron chi connectivity index (χ2n) is 5.94. The minimum absolute atomic E-state index is 0.0328.